The first kappa shape index (κ1) is 18.6. The Bertz CT molecular complexity index is 540. The van der Waals surface area contributed by atoms with Crippen LogP contribution in [0.15, 0.2) is 35.1 Å². The Morgan fingerprint density at radius 1 is 1.28 bits per heavy atom. The minimum Gasteiger partial charge on any atom is -0.383 e. The van der Waals surface area contributed by atoms with Crippen molar-refractivity contribution in [1.29, 1.82) is 0 Å². The van der Waals surface area contributed by atoms with Crippen LogP contribution in [0.25, 0.3) is 0 Å². The van der Waals surface area contributed by atoms with Crippen LogP contribution in [0, 0.1) is 0 Å². The van der Waals surface area contributed by atoms with E-state index in [-0.39, 0.29) is 0 Å². The summed E-state index contributed by atoms with van der Waals surface area (Å²) in [4.78, 5) is 2.67. The van der Waals surface area contributed by atoms with Crippen molar-refractivity contribution in [2.45, 2.75) is 51.2 Å². The number of ether oxygens (including phenoxy) is 1. The van der Waals surface area contributed by atoms with E-state index in [1.807, 2.05) is 0 Å². The molecule has 0 radical (unpaired) electrons. The lowest BCUT2D eigenvalue weighted by Crippen LogP contribution is -2.62. The van der Waals surface area contributed by atoms with Gasteiger partial charge in [0.1, 0.15) is 0 Å². The zero-order chi connectivity index (χ0) is 17.6. The average Bonchev–Trinajstić information content (AvgIpc) is 2.63. The van der Waals surface area contributed by atoms with Crippen LogP contribution in [0.4, 0.5) is 0 Å². The van der Waals surface area contributed by atoms with E-state index in [2.05, 4.69) is 47.6 Å². The van der Waals surface area contributed by atoms with E-state index < -0.39 is 0 Å². The summed E-state index contributed by atoms with van der Waals surface area (Å²) in [6.45, 7) is 9.82. The summed E-state index contributed by atoms with van der Waals surface area (Å²) in [5.41, 5.74) is 9.86. The lowest BCUT2D eigenvalue weighted by atomic mass is 9.92. The summed E-state index contributed by atoms with van der Waals surface area (Å²) in [6, 6.07) is 1.06. The van der Waals surface area contributed by atoms with Crippen LogP contribution in [0.5, 0.6) is 0 Å². The van der Waals surface area contributed by atoms with Crippen LogP contribution in [-0.2, 0) is 4.74 Å². The van der Waals surface area contributed by atoms with Crippen molar-refractivity contribution in [3.8, 4) is 0 Å². The van der Waals surface area contributed by atoms with E-state index in [9.17, 15) is 0 Å². The van der Waals surface area contributed by atoms with Gasteiger partial charge in [-0.25, -0.2) is 0 Å². The van der Waals surface area contributed by atoms with Gasteiger partial charge in [-0.1, -0.05) is 23.8 Å². The van der Waals surface area contributed by atoms with Crippen LogP contribution in [0.3, 0.4) is 0 Å². The van der Waals surface area contributed by atoms with Crippen LogP contribution < -0.4 is 16.4 Å². The summed E-state index contributed by atoms with van der Waals surface area (Å²) in [6.07, 6.45) is 10.2. The Kier molecular flexibility index (Phi) is 6.70. The molecule has 3 atom stereocenters. The number of allylic oxidation sites excluding steroid dienone is 2. The molecule has 0 aromatic rings. The second-order valence-corrected chi connectivity index (χ2v) is 7.40. The Labute approximate surface area is 152 Å². The topological polar surface area (TPSA) is 62.5 Å². The second-order valence-electron chi connectivity index (χ2n) is 7.40. The lowest BCUT2D eigenvalue weighted by molar-refractivity contribution is -0.0483. The summed E-state index contributed by atoms with van der Waals surface area (Å²) in [7, 11) is 0. The van der Waals surface area contributed by atoms with Gasteiger partial charge < -0.3 is 21.1 Å². The molecule has 0 saturated carbocycles. The van der Waals surface area contributed by atoms with Gasteiger partial charge in [-0.15, -0.1) is 0 Å². The highest BCUT2D eigenvalue weighted by atomic mass is 16.5. The van der Waals surface area contributed by atoms with E-state index in [1.165, 1.54) is 16.8 Å². The molecule has 25 heavy (non-hydrogen) atoms. The highest BCUT2D eigenvalue weighted by Gasteiger charge is 2.39. The number of nitrogens with one attached hydrogen (secondary N) is 2. The molecule has 3 rings (SSSR count). The fourth-order valence-corrected chi connectivity index (χ4v) is 4.30. The molecule has 5 nitrogen and oxygen atoms in total. The predicted octanol–water partition coefficient (Wildman–Crippen LogP) is 1.54. The third kappa shape index (κ3) is 4.34. The molecule has 0 aromatic carbocycles. The summed E-state index contributed by atoms with van der Waals surface area (Å²) >= 11 is 0. The minimum absolute atomic E-state index is 0.304. The van der Waals surface area contributed by atoms with Gasteiger partial charge in [-0.2, -0.15) is 0 Å². The van der Waals surface area contributed by atoms with Crippen LogP contribution in [0.1, 0.15) is 33.1 Å². The number of unbranched alkanes of at least 4 members (excludes halogenated alkanes) is 1. The molecule has 3 aliphatic rings. The van der Waals surface area contributed by atoms with E-state index in [0.29, 0.717) is 18.1 Å². The maximum atomic E-state index is 6.10. The smallest absolute Gasteiger partial charge is 0.0738 e. The first-order valence-electron chi connectivity index (χ1n) is 9.77. The quantitative estimate of drug-likeness (QED) is 0.503. The molecule has 4 N–H and O–H groups in total. The molecule has 3 aliphatic heterocycles. The Morgan fingerprint density at radius 3 is 2.92 bits per heavy atom. The van der Waals surface area contributed by atoms with E-state index in [1.54, 1.807) is 0 Å². The van der Waals surface area contributed by atoms with Gasteiger partial charge in [-0.3, -0.25) is 4.90 Å². The SMILES string of the molecule is CC1=CCCNC1C1COC[C@H](C2=C(C)C=CCN2)N1CCCCN. The first-order chi connectivity index (χ1) is 12.2. The highest BCUT2D eigenvalue weighted by Crippen LogP contribution is 2.27. The molecule has 0 spiro atoms. The molecule has 1 fully saturated rings. The normalized spacial score (nSPS) is 31.0. The molecule has 0 aromatic heterocycles. The lowest BCUT2D eigenvalue weighted by Gasteiger charge is -2.47. The van der Waals surface area contributed by atoms with Crippen molar-refractivity contribution in [2.75, 3.05) is 39.4 Å². The number of nitrogens with two attached hydrogens (primary N) is 1. The van der Waals surface area contributed by atoms with E-state index in [0.717, 1.165) is 58.7 Å². The average molecular weight is 347 g/mol. The highest BCUT2D eigenvalue weighted by molar-refractivity contribution is 5.31. The van der Waals surface area contributed by atoms with Crippen LogP contribution in [-0.4, -0.2) is 62.4 Å². The van der Waals surface area contributed by atoms with E-state index in [4.69, 9.17) is 10.5 Å². The van der Waals surface area contributed by atoms with Gasteiger partial charge in [0.2, 0.25) is 0 Å². The van der Waals surface area contributed by atoms with Gasteiger partial charge in [-0.05, 0) is 58.3 Å². The van der Waals surface area contributed by atoms with Crippen molar-refractivity contribution in [3.63, 3.8) is 0 Å². The van der Waals surface area contributed by atoms with Crippen molar-refractivity contribution in [2.24, 2.45) is 5.73 Å². The summed E-state index contributed by atoms with van der Waals surface area (Å²) < 4.78 is 6.10. The van der Waals surface area contributed by atoms with Crippen LogP contribution >= 0.6 is 0 Å². The Hall–Kier alpha value is -1.14. The molecular formula is C20H34N4O. The Balaban J connectivity index is 1.84. The largest absolute Gasteiger partial charge is 0.383 e. The van der Waals surface area contributed by atoms with Crippen molar-refractivity contribution in [1.82, 2.24) is 15.5 Å². The molecule has 0 aliphatic carbocycles. The maximum Gasteiger partial charge on any atom is 0.0738 e. The monoisotopic (exact) mass is 346 g/mol. The molecule has 3 heterocycles. The van der Waals surface area contributed by atoms with Crippen molar-refractivity contribution >= 4 is 0 Å². The third-order valence-electron chi connectivity index (χ3n) is 5.65. The number of dihydropyridines is 1. The van der Waals surface area contributed by atoms with Gasteiger partial charge in [0.15, 0.2) is 0 Å². The first-order valence-corrected chi connectivity index (χ1v) is 9.77. The van der Waals surface area contributed by atoms with Gasteiger partial charge >= 0.3 is 0 Å². The standard InChI is InChI=1S/C20H34N4O/c1-15-7-5-10-22-19(15)17-13-25-14-18(24(17)12-4-3-9-21)20-16(2)8-6-11-23-20/h5,7-8,17-18,20,22-23H,3-4,6,9-14,21H2,1-2H3/t17-,18?,20?/m1/s1. The van der Waals surface area contributed by atoms with Crippen LogP contribution in [0.2, 0.25) is 0 Å². The van der Waals surface area contributed by atoms with Gasteiger partial charge in [0.25, 0.3) is 0 Å². The second kappa shape index (κ2) is 8.99. The zero-order valence-electron chi connectivity index (χ0n) is 15.8. The molecule has 2 unspecified atom stereocenters. The maximum absolute atomic E-state index is 6.10. The predicted molar refractivity (Wildman–Crippen MR) is 103 cm³/mol. The molecule has 1 saturated heterocycles. The molecule has 0 bridgehead atoms. The van der Waals surface area contributed by atoms with Crippen molar-refractivity contribution in [3.05, 3.63) is 35.1 Å². The number of hydrogen-bond donors (Lipinski definition) is 3. The number of nitrogens with zero attached hydrogens (tertiary/aromatic N) is 1. The Morgan fingerprint density at radius 2 is 2.16 bits per heavy atom. The number of hydrogen-bond acceptors (Lipinski definition) is 5. The minimum atomic E-state index is 0.304. The molecular weight excluding hydrogens is 312 g/mol. The third-order valence-corrected chi connectivity index (χ3v) is 5.65. The van der Waals surface area contributed by atoms with E-state index >= 15 is 0 Å². The molecule has 0 amide bonds. The summed E-state index contributed by atoms with van der Waals surface area (Å²) in [5, 5.41) is 7.33. The number of morpholine rings is 1. The van der Waals surface area contributed by atoms with Gasteiger partial charge in [0.05, 0.1) is 25.3 Å². The fraction of sp³-hybridized carbons (Fsp3) is 0.700. The zero-order valence-corrected chi connectivity index (χ0v) is 15.8. The molecule has 140 valence electrons. The number of rotatable bonds is 6. The van der Waals surface area contributed by atoms with Crippen molar-refractivity contribution < 1.29 is 4.74 Å². The summed E-state index contributed by atoms with van der Waals surface area (Å²) in [5.74, 6) is 0. The van der Waals surface area contributed by atoms with Gasteiger partial charge in [0, 0.05) is 18.3 Å². The fourth-order valence-electron chi connectivity index (χ4n) is 4.30. The molecule has 5 heteroatoms.